The van der Waals surface area contributed by atoms with Crippen molar-refractivity contribution < 1.29 is 27.1 Å². The van der Waals surface area contributed by atoms with Crippen molar-refractivity contribution in [1.29, 1.82) is 0 Å². The van der Waals surface area contributed by atoms with Gasteiger partial charge in [-0.3, -0.25) is 0 Å². The SMILES string of the molecule is [O-]c1cc(C(F)(F)F)c(F)cc1F. The second-order valence-electron chi connectivity index (χ2n) is 2.26. The quantitative estimate of drug-likeness (QED) is 0.583. The molecule has 0 spiro atoms. The molecule has 0 fully saturated rings. The summed E-state index contributed by atoms with van der Waals surface area (Å²) in [5.74, 6) is -4.80. The zero-order valence-electron chi connectivity index (χ0n) is 5.95. The molecule has 0 N–H and O–H groups in total. The highest BCUT2D eigenvalue weighted by Crippen LogP contribution is 2.33. The monoisotopic (exact) mass is 197 g/mol. The number of rotatable bonds is 0. The largest absolute Gasteiger partial charge is 0.870 e. The molecule has 0 saturated heterocycles. The van der Waals surface area contributed by atoms with E-state index in [1.54, 1.807) is 0 Å². The van der Waals surface area contributed by atoms with Crippen LogP contribution in [-0.4, -0.2) is 0 Å². The maximum Gasteiger partial charge on any atom is 0.419 e. The molecule has 6 heteroatoms. The summed E-state index contributed by atoms with van der Waals surface area (Å²) in [5, 5.41) is 10.4. The molecule has 0 unspecified atom stereocenters. The molecule has 0 bridgehead atoms. The van der Waals surface area contributed by atoms with Crippen LogP contribution in [0.5, 0.6) is 5.75 Å². The van der Waals surface area contributed by atoms with Crippen molar-refractivity contribution >= 4 is 0 Å². The van der Waals surface area contributed by atoms with Crippen molar-refractivity contribution in [3.8, 4) is 5.75 Å². The second kappa shape index (κ2) is 2.86. The molecule has 72 valence electrons. The van der Waals surface area contributed by atoms with E-state index in [0.29, 0.717) is 0 Å². The summed E-state index contributed by atoms with van der Waals surface area (Å²) in [4.78, 5) is 0. The highest BCUT2D eigenvalue weighted by molar-refractivity contribution is 5.31. The van der Waals surface area contributed by atoms with Crippen LogP contribution < -0.4 is 5.11 Å². The van der Waals surface area contributed by atoms with Gasteiger partial charge >= 0.3 is 6.18 Å². The predicted octanol–water partition coefficient (Wildman–Crippen LogP) is 2.06. The first kappa shape index (κ1) is 9.76. The van der Waals surface area contributed by atoms with Gasteiger partial charge in [0.15, 0.2) is 0 Å². The third-order valence-electron chi connectivity index (χ3n) is 1.33. The van der Waals surface area contributed by atoms with E-state index in [-0.39, 0.29) is 12.1 Å². The van der Waals surface area contributed by atoms with Gasteiger partial charge in [-0.15, -0.1) is 0 Å². The lowest BCUT2D eigenvalue weighted by Crippen LogP contribution is -2.10. The minimum atomic E-state index is -4.98. The van der Waals surface area contributed by atoms with Crippen LogP contribution in [0, 0.1) is 11.6 Å². The highest BCUT2D eigenvalue weighted by atomic mass is 19.4. The Hall–Kier alpha value is -1.33. The number of hydrogen-bond donors (Lipinski definition) is 0. The lowest BCUT2D eigenvalue weighted by Gasteiger charge is -2.12. The van der Waals surface area contributed by atoms with Crippen LogP contribution in [0.3, 0.4) is 0 Å². The van der Waals surface area contributed by atoms with E-state index in [2.05, 4.69) is 0 Å². The Kier molecular flexibility index (Phi) is 2.15. The van der Waals surface area contributed by atoms with Crippen LogP contribution in [0.2, 0.25) is 0 Å². The number of halogens is 5. The van der Waals surface area contributed by atoms with Gasteiger partial charge in [-0.2, -0.15) is 13.2 Å². The van der Waals surface area contributed by atoms with E-state index in [4.69, 9.17) is 0 Å². The van der Waals surface area contributed by atoms with Gasteiger partial charge in [-0.05, 0) is 0 Å². The Labute approximate surface area is 69.4 Å². The Morgan fingerprint density at radius 2 is 1.54 bits per heavy atom. The van der Waals surface area contributed by atoms with Gasteiger partial charge in [0.1, 0.15) is 11.6 Å². The maximum atomic E-state index is 12.4. The molecular formula is C7H2F5O-. The van der Waals surface area contributed by atoms with E-state index >= 15 is 0 Å². The first-order chi connectivity index (χ1) is 5.82. The first-order valence-electron chi connectivity index (χ1n) is 3.05. The predicted molar refractivity (Wildman–Crippen MR) is 30.8 cm³/mol. The lowest BCUT2D eigenvalue weighted by molar-refractivity contribution is -0.273. The minimum Gasteiger partial charge on any atom is -0.870 e. The van der Waals surface area contributed by atoms with Crippen molar-refractivity contribution in [2.45, 2.75) is 6.18 Å². The molecule has 0 amide bonds. The fourth-order valence-electron chi connectivity index (χ4n) is 0.746. The van der Waals surface area contributed by atoms with Crippen LogP contribution in [0.1, 0.15) is 5.56 Å². The normalized spacial score (nSPS) is 11.8. The molecule has 1 rings (SSSR count). The minimum absolute atomic E-state index is 0.0782. The molecule has 1 aromatic carbocycles. The summed E-state index contributed by atoms with van der Waals surface area (Å²) in [6.07, 6.45) is -4.98. The summed E-state index contributed by atoms with van der Waals surface area (Å²) in [7, 11) is 0. The molecule has 0 aromatic heterocycles. The van der Waals surface area contributed by atoms with E-state index in [1.165, 1.54) is 0 Å². The number of hydrogen-bond acceptors (Lipinski definition) is 1. The van der Waals surface area contributed by atoms with Gasteiger partial charge < -0.3 is 5.11 Å². The summed E-state index contributed by atoms with van der Waals surface area (Å²) in [6, 6.07) is -0.185. The summed E-state index contributed by atoms with van der Waals surface area (Å²) in [5.41, 5.74) is -1.75. The zero-order valence-corrected chi connectivity index (χ0v) is 5.95. The second-order valence-corrected chi connectivity index (χ2v) is 2.26. The average molecular weight is 197 g/mol. The van der Waals surface area contributed by atoms with Crippen molar-refractivity contribution in [3.63, 3.8) is 0 Å². The third kappa shape index (κ3) is 1.88. The zero-order chi connectivity index (χ0) is 10.2. The number of benzene rings is 1. The maximum absolute atomic E-state index is 12.4. The van der Waals surface area contributed by atoms with Crippen molar-refractivity contribution in [2.75, 3.05) is 0 Å². The first-order valence-corrected chi connectivity index (χ1v) is 3.05. The molecule has 1 nitrogen and oxygen atoms in total. The molecule has 0 aliphatic heterocycles. The van der Waals surface area contributed by atoms with Gasteiger partial charge in [-0.1, -0.05) is 11.8 Å². The van der Waals surface area contributed by atoms with Gasteiger partial charge in [-0.25, -0.2) is 8.78 Å². The lowest BCUT2D eigenvalue weighted by atomic mass is 10.2. The molecule has 0 atom stereocenters. The van der Waals surface area contributed by atoms with E-state index < -0.39 is 29.1 Å². The van der Waals surface area contributed by atoms with Crippen LogP contribution in [0.15, 0.2) is 12.1 Å². The van der Waals surface area contributed by atoms with Gasteiger partial charge in [0.2, 0.25) is 0 Å². The van der Waals surface area contributed by atoms with Gasteiger partial charge in [0, 0.05) is 6.07 Å². The topological polar surface area (TPSA) is 23.1 Å². The molecular weight excluding hydrogens is 195 g/mol. The van der Waals surface area contributed by atoms with E-state index in [0.717, 1.165) is 0 Å². The van der Waals surface area contributed by atoms with Gasteiger partial charge in [0.05, 0.1) is 5.56 Å². The van der Waals surface area contributed by atoms with Crippen molar-refractivity contribution in [3.05, 3.63) is 29.3 Å². The van der Waals surface area contributed by atoms with Crippen LogP contribution in [0.25, 0.3) is 0 Å². The van der Waals surface area contributed by atoms with Crippen molar-refractivity contribution in [1.82, 2.24) is 0 Å². The summed E-state index contributed by atoms with van der Waals surface area (Å²) >= 11 is 0. The highest BCUT2D eigenvalue weighted by Gasteiger charge is 2.34. The standard InChI is InChI=1S/C7H3F5O/c8-4-2-5(9)6(13)1-3(4)7(10,11)12/h1-2,13H/p-1. The Morgan fingerprint density at radius 3 is 2.00 bits per heavy atom. The molecule has 1 aromatic rings. The molecule has 0 aliphatic carbocycles. The van der Waals surface area contributed by atoms with E-state index in [9.17, 15) is 27.1 Å². The Morgan fingerprint density at radius 1 is 1.00 bits per heavy atom. The molecule has 0 heterocycles. The fraction of sp³-hybridized carbons (Fsp3) is 0.143. The summed E-state index contributed by atoms with van der Waals surface area (Å²) in [6.45, 7) is 0. The fourth-order valence-corrected chi connectivity index (χ4v) is 0.746. The third-order valence-corrected chi connectivity index (χ3v) is 1.33. The number of alkyl halides is 3. The van der Waals surface area contributed by atoms with Crippen LogP contribution in [0.4, 0.5) is 22.0 Å². The van der Waals surface area contributed by atoms with Crippen molar-refractivity contribution in [2.24, 2.45) is 0 Å². The smallest absolute Gasteiger partial charge is 0.419 e. The van der Waals surface area contributed by atoms with Crippen LogP contribution in [-0.2, 0) is 6.18 Å². The van der Waals surface area contributed by atoms with Gasteiger partial charge in [0.25, 0.3) is 0 Å². The molecule has 0 radical (unpaired) electrons. The summed E-state index contributed by atoms with van der Waals surface area (Å²) < 4.78 is 60.2. The molecule has 13 heavy (non-hydrogen) atoms. The molecule has 0 aliphatic rings. The average Bonchev–Trinajstić information content (AvgIpc) is 1.94. The van der Waals surface area contributed by atoms with E-state index in [1.807, 2.05) is 0 Å². The van der Waals surface area contributed by atoms with Crippen LogP contribution >= 0.6 is 0 Å². The Balaban J connectivity index is 3.32. The Bertz CT molecular complexity index is 330. The molecule has 0 saturated carbocycles.